The minimum absolute atomic E-state index is 1.10. The maximum atomic E-state index is 2.18. The van der Waals surface area contributed by atoms with E-state index < -0.39 is 0 Å². The van der Waals surface area contributed by atoms with Crippen LogP contribution >= 0.6 is 11.8 Å². The molecule has 0 aliphatic heterocycles. The number of hydrogen-bond donors (Lipinski definition) is 0. The number of hydrogen-bond acceptors (Lipinski definition) is 1. The molecule has 0 nitrogen and oxygen atoms in total. The van der Waals surface area contributed by atoms with Gasteiger partial charge in [-0.3, -0.25) is 0 Å². The van der Waals surface area contributed by atoms with E-state index in [1.165, 1.54) is 10.5 Å². The molecule has 0 bridgehead atoms. The van der Waals surface area contributed by atoms with Gasteiger partial charge in [0.2, 0.25) is 0 Å². The topological polar surface area (TPSA) is 0 Å². The lowest BCUT2D eigenvalue weighted by molar-refractivity contribution is 1.22. The highest BCUT2D eigenvalue weighted by molar-refractivity contribution is 8.02. The van der Waals surface area contributed by atoms with E-state index in [0.717, 1.165) is 6.42 Å². The molecule has 1 aromatic rings. The van der Waals surface area contributed by atoms with E-state index in [0.29, 0.717) is 0 Å². The highest BCUT2D eigenvalue weighted by atomic mass is 32.2. The van der Waals surface area contributed by atoms with Gasteiger partial charge in [0.1, 0.15) is 0 Å². The van der Waals surface area contributed by atoms with E-state index >= 15 is 0 Å². The van der Waals surface area contributed by atoms with Crippen LogP contribution in [0.5, 0.6) is 0 Å². The second kappa shape index (κ2) is 6.50. The summed E-state index contributed by atoms with van der Waals surface area (Å²) >= 11 is 1.77. The third-order valence-electron chi connectivity index (χ3n) is 1.74. The van der Waals surface area contributed by atoms with Crippen LogP contribution in [0.2, 0.25) is 0 Å². The van der Waals surface area contributed by atoms with E-state index in [4.69, 9.17) is 0 Å². The van der Waals surface area contributed by atoms with Gasteiger partial charge in [-0.05, 0) is 36.5 Å². The molecule has 0 spiro atoms. The van der Waals surface area contributed by atoms with Crippen molar-refractivity contribution in [2.45, 2.75) is 25.2 Å². The summed E-state index contributed by atoms with van der Waals surface area (Å²) in [5.41, 5.74) is 1.31. The summed E-state index contributed by atoms with van der Waals surface area (Å²) in [6, 6.07) is 10.4. The van der Waals surface area contributed by atoms with Gasteiger partial charge in [0.25, 0.3) is 0 Å². The zero-order valence-corrected chi connectivity index (χ0v) is 9.55. The summed E-state index contributed by atoms with van der Waals surface area (Å²) in [6.45, 7) is 4.27. The molecule has 0 unspecified atom stereocenters. The average molecular weight is 204 g/mol. The van der Waals surface area contributed by atoms with Gasteiger partial charge in [-0.2, -0.15) is 0 Å². The minimum Gasteiger partial charge on any atom is -0.0978 e. The van der Waals surface area contributed by atoms with E-state index in [1.54, 1.807) is 11.8 Å². The zero-order valence-electron chi connectivity index (χ0n) is 8.73. The van der Waals surface area contributed by atoms with Crippen molar-refractivity contribution in [1.82, 2.24) is 0 Å². The van der Waals surface area contributed by atoms with Crippen LogP contribution in [0.25, 0.3) is 0 Å². The lowest BCUT2D eigenvalue weighted by atomic mass is 10.3. The fourth-order valence-corrected chi connectivity index (χ4v) is 1.72. The quantitative estimate of drug-likeness (QED) is 0.508. The molecule has 1 aromatic carbocycles. The minimum atomic E-state index is 1.10. The Kier molecular flexibility index (Phi) is 5.16. The van der Waals surface area contributed by atoms with Crippen molar-refractivity contribution in [2.24, 2.45) is 0 Å². The summed E-state index contributed by atoms with van der Waals surface area (Å²) in [6.07, 6.45) is 5.44. The van der Waals surface area contributed by atoms with Gasteiger partial charge < -0.3 is 0 Å². The number of rotatable bonds is 4. The van der Waals surface area contributed by atoms with E-state index in [1.807, 2.05) is 6.07 Å². The zero-order chi connectivity index (χ0) is 10.2. The summed E-state index contributed by atoms with van der Waals surface area (Å²) < 4.78 is 0. The van der Waals surface area contributed by atoms with Crippen molar-refractivity contribution < 1.29 is 0 Å². The fourth-order valence-electron chi connectivity index (χ4n) is 1.00. The van der Waals surface area contributed by atoms with Crippen molar-refractivity contribution >= 4 is 11.8 Å². The lowest BCUT2D eigenvalue weighted by Gasteiger charge is -1.95. The van der Waals surface area contributed by atoms with E-state index in [-0.39, 0.29) is 0 Å². The first-order chi connectivity index (χ1) is 6.83. The molecule has 0 N–H and O–H groups in total. The molecule has 0 atom stereocenters. The van der Waals surface area contributed by atoms with Crippen LogP contribution in [0.1, 0.15) is 20.3 Å². The second-order valence-corrected chi connectivity index (χ2v) is 4.05. The molecule has 74 valence electrons. The van der Waals surface area contributed by atoms with Crippen LogP contribution in [0, 0.1) is 0 Å². The number of thioether (sulfide) groups is 1. The Morgan fingerprint density at radius 3 is 2.64 bits per heavy atom. The molecule has 0 heterocycles. The Morgan fingerprint density at radius 2 is 2.00 bits per heavy atom. The van der Waals surface area contributed by atoms with Crippen LogP contribution in [0.3, 0.4) is 0 Å². The average Bonchev–Trinajstić information content (AvgIpc) is 2.25. The van der Waals surface area contributed by atoms with Gasteiger partial charge in [0.05, 0.1) is 0 Å². The standard InChI is InChI=1S/C13H16S/c1-3-4-8-12(2)11-14-13-9-6-5-7-10-13/h4-11H,3H2,1-2H3/b8-4-,12-11+. The number of allylic oxidation sites excluding steroid dienone is 3. The van der Waals surface area contributed by atoms with Gasteiger partial charge >= 0.3 is 0 Å². The summed E-state index contributed by atoms with van der Waals surface area (Å²) in [5, 5.41) is 2.18. The van der Waals surface area contributed by atoms with Gasteiger partial charge in [-0.25, -0.2) is 0 Å². The molecule has 0 fully saturated rings. The summed E-state index contributed by atoms with van der Waals surface area (Å²) in [4.78, 5) is 1.29. The summed E-state index contributed by atoms with van der Waals surface area (Å²) in [7, 11) is 0. The SMILES string of the molecule is CC/C=C\C(C)=C\Sc1ccccc1. The fraction of sp³-hybridized carbons (Fsp3) is 0.231. The predicted octanol–water partition coefficient (Wildman–Crippen LogP) is 4.65. The maximum absolute atomic E-state index is 2.18. The predicted molar refractivity (Wildman–Crippen MR) is 65.5 cm³/mol. The molecule has 14 heavy (non-hydrogen) atoms. The second-order valence-electron chi connectivity index (χ2n) is 3.10. The Bertz CT molecular complexity index is 309. The Morgan fingerprint density at radius 1 is 1.29 bits per heavy atom. The molecule has 0 saturated heterocycles. The van der Waals surface area contributed by atoms with Crippen molar-refractivity contribution in [1.29, 1.82) is 0 Å². The molecule has 1 rings (SSSR count). The van der Waals surface area contributed by atoms with Crippen molar-refractivity contribution in [3.63, 3.8) is 0 Å². The van der Waals surface area contributed by atoms with Crippen LogP contribution in [-0.4, -0.2) is 0 Å². The molecule has 0 amide bonds. The Hall–Kier alpha value is -0.950. The van der Waals surface area contributed by atoms with Crippen LogP contribution in [0.15, 0.2) is 58.4 Å². The molecule has 0 aliphatic carbocycles. The monoisotopic (exact) mass is 204 g/mol. The normalized spacial score (nSPS) is 12.3. The molecule has 0 saturated carbocycles. The maximum Gasteiger partial charge on any atom is 0.0116 e. The first kappa shape index (κ1) is 11.1. The third-order valence-corrected chi connectivity index (χ3v) is 2.77. The van der Waals surface area contributed by atoms with Crippen molar-refractivity contribution in [3.8, 4) is 0 Å². The van der Waals surface area contributed by atoms with Crippen LogP contribution in [0.4, 0.5) is 0 Å². The highest BCUT2D eigenvalue weighted by Gasteiger charge is 1.87. The largest absolute Gasteiger partial charge is 0.0978 e. The smallest absolute Gasteiger partial charge is 0.0116 e. The van der Waals surface area contributed by atoms with Gasteiger partial charge in [-0.15, -0.1) is 0 Å². The van der Waals surface area contributed by atoms with Crippen LogP contribution in [-0.2, 0) is 0 Å². The molecular formula is C13H16S. The molecule has 0 radical (unpaired) electrons. The van der Waals surface area contributed by atoms with Crippen molar-refractivity contribution in [2.75, 3.05) is 0 Å². The highest BCUT2D eigenvalue weighted by Crippen LogP contribution is 2.20. The third kappa shape index (κ3) is 4.33. The molecular weight excluding hydrogens is 188 g/mol. The first-order valence-electron chi connectivity index (χ1n) is 4.88. The van der Waals surface area contributed by atoms with E-state index in [9.17, 15) is 0 Å². The number of benzene rings is 1. The summed E-state index contributed by atoms with van der Waals surface area (Å²) in [5.74, 6) is 0. The Labute approximate surface area is 90.7 Å². The van der Waals surface area contributed by atoms with Gasteiger partial charge in [0.15, 0.2) is 0 Å². The molecule has 1 heteroatoms. The first-order valence-corrected chi connectivity index (χ1v) is 5.76. The molecule has 0 aliphatic rings. The lowest BCUT2D eigenvalue weighted by Crippen LogP contribution is -1.68. The van der Waals surface area contributed by atoms with Crippen LogP contribution < -0.4 is 0 Å². The Balaban J connectivity index is 2.51. The van der Waals surface area contributed by atoms with E-state index in [2.05, 4.69) is 55.7 Å². The van der Waals surface area contributed by atoms with Gasteiger partial charge in [0, 0.05) is 4.90 Å². The van der Waals surface area contributed by atoms with Gasteiger partial charge in [-0.1, -0.05) is 49.0 Å². The molecule has 0 aromatic heterocycles. The van der Waals surface area contributed by atoms with Crippen molar-refractivity contribution in [3.05, 3.63) is 53.5 Å².